The number of hydrogen-bond donors (Lipinski definition) is 3. The van der Waals surface area contributed by atoms with E-state index in [0.29, 0.717) is 16.7 Å². The molecule has 1 amide bonds. The van der Waals surface area contributed by atoms with Gasteiger partial charge in [0, 0.05) is 15.6 Å². The number of nitrogens with one attached hydrogen (secondary N) is 1. The van der Waals surface area contributed by atoms with Crippen molar-refractivity contribution in [2.24, 2.45) is 5.10 Å². The SMILES string of the molecule is COc1ccc(O)c(C=NNC(=O)c2sc3ccccc3c2O)c1. The maximum atomic E-state index is 12.2. The third kappa shape index (κ3) is 3.02. The Kier molecular flexibility index (Phi) is 4.35. The molecule has 6 nitrogen and oxygen atoms in total. The summed E-state index contributed by atoms with van der Waals surface area (Å²) >= 11 is 1.18. The molecule has 122 valence electrons. The fourth-order valence-electron chi connectivity index (χ4n) is 2.16. The Morgan fingerprint density at radius 2 is 2.04 bits per heavy atom. The first-order valence-electron chi connectivity index (χ1n) is 7.01. The van der Waals surface area contributed by atoms with E-state index in [-0.39, 0.29) is 16.4 Å². The van der Waals surface area contributed by atoms with Crippen LogP contribution in [0, 0.1) is 0 Å². The highest BCUT2D eigenvalue weighted by Crippen LogP contribution is 2.36. The van der Waals surface area contributed by atoms with Crippen molar-refractivity contribution in [2.45, 2.75) is 0 Å². The van der Waals surface area contributed by atoms with Crippen molar-refractivity contribution in [3.63, 3.8) is 0 Å². The van der Waals surface area contributed by atoms with E-state index in [1.165, 1.54) is 30.7 Å². The molecule has 0 aliphatic rings. The summed E-state index contributed by atoms with van der Waals surface area (Å²) in [4.78, 5) is 12.4. The van der Waals surface area contributed by atoms with E-state index in [0.717, 1.165) is 4.70 Å². The standard InChI is InChI=1S/C17H14N2O4S/c1-23-11-6-7-13(20)10(8-11)9-18-19-17(22)16-15(21)12-4-2-3-5-14(12)24-16/h2-9,20-21H,1H3,(H,19,22). The number of fused-ring (bicyclic) bond motifs is 1. The molecular weight excluding hydrogens is 328 g/mol. The van der Waals surface area contributed by atoms with Gasteiger partial charge in [-0.2, -0.15) is 5.10 Å². The van der Waals surface area contributed by atoms with Crippen molar-refractivity contribution < 1.29 is 19.7 Å². The minimum absolute atomic E-state index is 0.0125. The van der Waals surface area contributed by atoms with Gasteiger partial charge in [-0.25, -0.2) is 5.43 Å². The third-order valence-corrected chi connectivity index (χ3v) is 4.54. The lowest BCUT2D eigenvalue weighted by Gasteiger charge is -2.03. The summed E-state index contributed by atoms with van der Waals surface area (Å²) in [5.41, 5.74) is 2.74. The van der Waals surface area contributed by atoms with E-state index in [1.807, 2.05) is 12.1 Å². The summed E-state index contributed by atoms with van der Waals surface area (Å²) in [5.74, 6) is -0.0129. The van der Waals surface area contributed by atoms with Gasteiger partial charge in [-0.15, -0.1) is 11.3 Å². The minimum Gasteiger partial charge on any atom is -0.507 e. The van der Waals surface area contributed by atoms with Crippen molar-refractivity contribution in [2.75, 3.05) is 7.11 Å². The average Bonchev–Trinajstić information content (AvgIpc) is 2.94. The lowest BCUT2D eigenvalue weighted by Crippen LogP contribution is -2.16. The second kappa shape index (κ2) is 6.59. The molecular formula is C17H14N2O4S. The molecule has 0 aliphatic heterocycles. The highest BCUT2D eigenvalue weighted by molar-refractivity contribution is 7.21. The Morgan fingerprint density at radius 1 is 1.25 bits per heavy atom. The van der Waals surface area contributed by atoms with Gasteiger partial charge in [-0.3, -0.25) is 4.79 Å². The zero-order valence-electron chi connectivity index (χ0n) is 12.7. The van der Waals surface area contributed by atoms with Crippen LogP contribution < -0.4 is 10.2 Å². The van der Waals surface area contributed by atoms with E-state index < -0.39 is 5.91 Å². The number of hydrogen-bond acceptors (Lipinski definition) is 6. The maximum Gasteiger partial charge on any atom is 0.285 e. The van der Waals surface area contributed by atoms with Gasteiger partial charge in [0.15, 0.2) is 0 Å². The van der Waals surface area contributed by atoms with Crippen molar-refractivity contribution in [1.82, 2.24) is 5.43 Å². The normalized spacial score (nSPS) is 11.0. The van der Waals surface area contributed by atoms with Crippen LogP contribution >= 0.6 is 11.3 Å². The first kappa shape index (κ1) is 15.8. The highest BCUT2D eigenvalue weighted by Gasteiger charge is 2.17. The lowest BCUT2D eigenvalue weighted by molar-refractivity contribution is 0.0957. The number of thiophene rings is 1. The summed E-state index contributed by atoms with van der Waals surface area (Å²) in [7, 11) is 1.51. The minimum atomic E-state index is -0.521. The van der Waals surface area contributed by atoms with Gasteiger partial charge in [0.2, 0.25) is 0 Å². The second-order valence-corrected chi connectivity index (χ2v) is 5.95. The molecule has 0 saturated carbocycles. The number of rotatable bonds is 4. The van der Waals surface area contributed by atoms with Crippen LogP contribution in [0.2, 0.25) is 0 Å². The van der Waals surface area contributed by atoms with Crippen molar-refractivity contribution in [3.8, 4) is 17.2 Å². The molecule has 1 aromatic heterocycles. The Balaban J connectivity index is 1.78. The monoisotopic (exact) mass is 342 g/mol. The number of hydrazone groups is 1. The number of aromatic hydroxyl groups is 2. The molecule has 0 spiro atoms. The van der Waals surface area contributed by atoms with Crippen molar-refractivity contribution in [3.05, 3.63) is 52.9 Å². The van der Waals surface area contributed by atoms with Crippen LogP contribution in [-0.2, 0) is 0 Å². The van der Waals surface area contributed by atoms with Gasteiger partial charge in [-0.05, 0) is 30.3 Å². The fraction of sp³-hybridized carbons (Fsp3) is 0.0588. The summed E-state index contributed by atoms with van der Waals surface area (Å²) in [5, 5.41) is 24.3. The zero-order chi connectivity index (χ0) is 17.1. The number of benzene rings is 2. The molecule has 0 fully saturated rings. The summed E-state index contributed by atoms with van der Waals surface area (Å²) in [6.45, 7) is 0. The van der Waals surface area contributed by atoms with Crippen LogP contribution in [0.4, 0.5) is 0 Å². The number of nitrogens with zero attached hydrogens (tertiary/aromatic N) is 1. The van der Waals surface area contributed by atoms with Crippen molar-refractivity contribution in [1.29, 1.82) is 0 Å². The molecule has 2 aromatic carbocycles. The van der Waals surface area contributed by atoms with Gasteiger partial charge in [-0.1, -0.05) is 12.1 Å². The first-order chi connectivity index (χ1) is 11.6. The number of carbonyl (C=O) groups is 1. The number of carbonyl (C=O) groups excluding carboxylic acids is 1. The molecule has 7 heteroatoms. The first-order valence-corrected chi connectivity index (χ1v) is 7.82. The molecule has 1 heterocycles. The summed E-state index contributed by atoms with van der Waals surface area (Å²) < 4.78 is 5.88. The average molecular weight is 342 g/mol. The van der Waals surface area contributed by atoms with Gasteiger partial charge >= 0.3 is 0 Å². The number of phenolic OH excluding ortho intramolecular Hbond substituents is 1. The quantitative estimate of drug-likeness (QED) is 0.502. The molecule has 0 unspecified atom stereocenters. The number of amides is 1. The fourth-order valence-corrected chi connectivity index (χ4v) is 3.15. The van der Waals surface area contributed by atoms with Gasteiger partial charge in [0.25, 0.3) is 5.91 Å². The Hall–Kier alpha value is -3.06. The Morgan fingerprint density at radius 3 is 2.79 bits per heavy atom. The van der Waals surface area contributed by atoms with E-state index in [2.05, 4.69) is 10.5 Å². The molecule has 0 saturated heterocycles. The van der Waals surface area contributed by atoms with Crippen LogP contribution in [0.15, 0.2) is 47.6 Å². The predicted molar refractivity (Wildman–Crippen MR) is 93.2 cm³/mol. The third-order valence-electron chi connectivity index (χ3n) is 3.38. The molecule has 3 aromatic rings. The summed E-state index contributed by atoms with van der Waals surface area (Å²) in [6, 6.07) is 11.9. The van der Waals surface area contributed by atoms with E-state index in [1.54, 1.807) is 24.3 Å². The molecule has 0 aliphatic carbocycles. The van der Waals surface area contributed by atoms with E-state index in [9.17, 15) is 15.0 Å². The van der Waals surface area contributed by atoms with Gasteiger partial charge < -0.3 is 14.9 Å². The molecule has 0 bridgehead atoms. The highest BCUT2D eigenvalue weighted by atomic mass is 32.1. The number of methoxy groups -OCH3 is 1. The Labute approximate surface area is 141 Å². The van der Waals surface area contributed by atoms with Gasteiger partial charge in [0.05, 0.1) is 13.3 Å². The van der Waals surface area contributed by atoms with Crippen LogP contribution in [0.25, 0.3) is 10.1 Å². The van der Waals surface area contributed by atoms with Gasteiger partial charge in [0.1, 0.15) is 22.1 Å². The van der Waals surface area contributed by atoms with Crippen LogP contribution in [0.5, 0.6) is 17.2 Å². The zero-order valence-corrected chi connectivity index (χ0v) is 13.5. The smallest absolute Gasteiger partial charge is 0.285 e. The number of ether oxygens (including phenoxy) is 1. The summed E-state index contributed by atoms with van der Waals surface area (Å²) in [6.07, 6.45) is 1.31. The van der Waals surface area contributed by atoms with Crippen LogP contribution in [0.1, 0.15) is 15.2 Å². The van der Waals surface area contributed by atoms with E-state index >= 15 is 0 Å². The predicted octanol–water partition coefficient (Wildman–Crippen LogP) is 3.09. The maximum absolute atomic E-state index is 12.2. The largest absolute Gasteiger partial charge is 0.507 e. The molecule has 3 N–H and O–H groups in total. The Bertz CT molecular complexity index is 933. The molecule has 24 heavy (non-hydrogen) atoms. The van der Waals surface area contributed by atoms with Crippen LogP contribution in [0.3, 0.4) is 0 Å². The van der Waals surface area contributed by atoms with E-state index in [4.69, 9.17) is 4.74 Å². The molecule has 3 rings (SSSR count). The lowest BCUT2D eigenvalue weighted by atomic mass is 10.2. The van der Waals surface area contributed by atoms with Crippen LogP contribution in [-0.4, -0.2) is 29.4 Å². The molecule has 0 radical (unpaired) electrons. The van der Waals surface area contributed by atoms with Crippen molar-refractivity contribution >= 4 is 33.5 Å². The second-order valence-electron chi connectivity index (χ2n) is 4.90. The molecule has 0 atom stereocenters. The number of phenols is 1. The topological polar surface area (TPSA) is 91.2 Å².